The molecule has 0 saturated heterocycles. The fourth-order valence-corrected chi connectivity index (χ4v) is 1.13. The van der Waals surface area contributed by atoms with Gasteiger partial charge < -0.3 is 4.74 Å². The molecule has 0 amide bonds. The molecule has 1 aromatic carbocycles. The molecule has 2 heteroatoms. The van der Waals surface area contributed by atoms with Crippen molar-refractivity contribution in [1.29, 1.82) is 0 Å². The van der Waals surface area contributed by atoms with Gasteiger partial charge in [0.25, 0.3) is 0 Å². The summed E-state index contributed by atoms with van der Waals surface area (Å²) >= 11 is 0. The van der Waals surface area contributed by atoms with Crippen LogP contribution in [0.3, 0.4) is 0 Å². The van der Waals surface area contributed by atoms with Crippen LogP contribution in [0.25, 0.3) is 0 Å². The SMILES string of the molecule is CCC(=O)OC(C)(C)C#Cc1ccccc1. The van der Waals surface area contributed by atoms with E-state index in [1.165, 1.54) is 0 Å². The van der Waals surface area contributed by atoms with Crippen molar-refractivity contribution in [2.45, 2.75) is 32.8 Å². The van der Waals surface area contributed by atoms with E-state index in [1.807, 2.05) is 30.3 Å². The molecular weight excluding hydrogens is 200 g/mol. The van der Waals surface area contributed by atoms with Gasteiger partial charge in [-0.15, -0.1) is 0 Å². The summed E-state index contributed by atoms with van der Waals surface area (Å²) in [5, 5.41) is 0. The van der Waals surface area contributed by atoms with Crippen LogP contribution < -0.4 is 0 Å². The third kappa shape index (κ3) is 4.18. The van der Waals surface area contributed by atoms with Gasteiger partial charge >= 0.3 is 5.97 Å². The van der Waals surface area contributed by atoms with Crippen molar-refractivity contribution in [2.24, 2.45) is 0 Å². The average Bonchev–Trinajstić information content (AvgIpc) is 2.27. The Morgan fingerprint density at radius 1 is 1.31 bits per heavy atom. The highest BCUT2D eigenvalue weighted by molar-refractivity contribution is 5.69. The van der Waals surface area contributed by atoms with Crippen LogP contribution >= 0.6 is 0 Å². The molecule has 0 saturated carbocycles. The number of ether oxygens (including phenoxy) is 1. The van der Waals surface area contributed by atoms with Gasteiger partial charge in [0, 0.05) is 12.0 Å². The molecule has 0 bridgehead atoms. The molecule has 0 aliphatic rings. The first-order valence-electron chi connectivity index (χ1n) is 5.33. The lowest BCUT2D eigenvalue weighted by Crippen LogP contribution is -2.25. The first-order chi connectivity index (χ1) is 7.53. The molecule has 0 unspecified atom stereocenters. The summed E-state index contributed by atoms with van der Waals surface area (Å²) in [5.41, 5.74) is 0.186. The van der Waals surface area contributed by atoms with Crippen LogP contribution in [-0.4, -0.2) is 11.6 Å². The summed E-state index contributed by atoms with van der Waals surface area (Å²) in [6, 6.07) is 9.63. The maximum atomic E-state index is 11.1. The second-order valence-corrected chi connectivity index (χ2v) is 3.95. The molecule has 0 fully saturated rings. The topological polar surface area (TPSA) is 26.3 Å². The summed E-state index contributed by atoms with van der Waals surface area (Å²) in [6.45, 7) is 5.34. The van der Waals surface area contributed by atoms with Crippen LogP contribution in [0.5, 0.6) is 0 Å². The van der Waals surface area contributed by atoms with Gasteiger partial charge in [-0.05, 0) is 26.0 Å². The number of esters is 1. The minimum Gasteiger partial charge on any atom is -0.446 e. The zero-order chi connectivity index (χ0) is 12.0. The number of carbonyl (C=O) groups is 1. The lowest BCUT2D eigenvalue weighted by molar-refractivity contribution is -0.151. The number of hydrogen-bond acceptors (Lipinski definition) is 2. The van der Waals surface area contributed by atoms with Gasteiger partial charge in [0.1, 0.15) is 0 Å². The average molecular weight is 216 g/mol. The first kappa shape index (κ1) is 12.3. The predicted molar refractivity (Wildman–Crippen MR) is 63.8 cm³/mol. The highest BCUT2D eigenvalue weighted by atomic mass is 16.6. The van der Waals surface area contributed by atoms with E-state index < -0.39 is 5.60 Å². The van der Waals surface area contributed by atoms with Gasteiger partial charge in [-0.25, -0.2) is 0 Å². The molecule has 0 radical (unpaired) electrons. The van der Waals surface area contributed by atoms with Gasteiger partial charge in [-0.2, -0.15) is 0 Å². The summed E-state index contributed by atoms with van der Waals surface area (Å²) < 4.78 is 5.20. The van der Waals surface area contributed by atoms with E-state index in [0.717, 1.165) is 5.56 Å². The maximum Gasteiger partial charge on any atom is 0.307 e. The fourth-order valence-electron chi connectivity index (χ4n) is 1.13. The van der Waals surface area contributed by atoms with Crippen LogP contribution in [0.4, 0.5) is 0 Å². The number of rotatable bonds is 2. The molecule has 2 nitrogen and oxygen atoms in total. The second kappa shape index (κ2) is 5.37. The lowest BCUT2D eigenvalue weighted by Gasteiger charge is -2.18. The smallest absolute Gasteiger partial charge is 0.307 e. The molecule has 0 heterocycles. The monoisotopic (exact) mass is 216 g/mol. The van der Waals surface area contributed by atoms with Crippen molar-refractivity contribution in [3.63, 3.8) is 0 Å². The van der Waals surface area contributed by atoms with Crippen molar-refractivity contribution < 1.29 is 9.53 Å². The number of carbonyl (C=O) groups excluding carboxylic acids is 1. The van der Waals surface area contributed by atoms with Crippen LogP contribution in [0.2, 0.25) is 0 Å². The van der Waals surface area contributed by atoms with Crippen LogP contribution in [-0.2, 0) is 9.53 Å². The van der Waals surface area contributed by atoms with Crippen molar-refractivity contribution >= 4 is 5.97 Å². The van der Waals surface area contributed by atoms with E-state index in [0.29, 0.717) is 6.42 Å². The van der Waals surface area contributed by atoms with Crippen LogP contribution in [0.15, 0.2) is 30.3 Å². The normalized spacial score (nSPS) is 10.2. The minimum absolute atomic E-state index is 0.229. The summed E-state index contributed by atoms with van der Waals surface area (Å²) in [6.07, 6.45) is 0.371. The number of hydrogen-bond donors (Lipinski definition) is 0. The first-order valence-corrected chi connectivity index (χ1v) is 5.33. The molecule has 0 spiro atoms. The van der Waals surface area contributed by atoms with E-state index >= 15 is 0 Å². The molecule has 16 heavy (non-hydrogen) atoms. The Morgan fingerprint density at radius 3 is 2.50 bits per heavy atom. The molecule has 0 aromatic heterocycles. The molecular formula is C14H16O2. The summed E-state index contributed by atoms with van der Waals surface area (Å²) in [5.74, 6) is 5.71. The van der Waals surface area contributed by atoms with Gasteiger partial charge in [-0.1, -0.05) is 37.0 Å². The lowest BCUT2D eigenvalue weighted by atomic mass is 10.1. The molecule has 0 aliphatic carbocycles. The van der Waals surface area contributed by atoms with Crippen molar-refractivity contribution in [3.05, 3.63) is 35.9 Å². The molecule has 0 atom stereocenters. The van der Waals surface area contributed by atoms with E-state index in [9.17, 15) is 4.79 Å². The molecule has 0 aliphatic heterocycles. The highest BCUT2D eigenvalue weighted by Gasteiger charge is 2.18. The Labute approximate surface area is 96.6 Å². The van der Waals surface area contributed by atoms with Crippen LogP contribution in [0.1, 0.15) is 32.8 Å². The van der Waals surface area contributed by atoms with Crippen molar-refractivity contribution in [3.8, 4) is 11.8 Å². The van der Waals surface area contributed by atoms with Gasteiger partial charge in [-0.3, -0.25) is 4.79 Å². The van der Waals surface area contributed by atoms with E-state index in [1.54, 1.807) is 20.8 Å². The Bertz CT molecular complexity index is 407. The molecule has 84 valence electrons. The summed E-state index contributed by atoms with van der Waals surface area (Å²) in [4.78, 5) is 11.1. The van der Waals surface area contributed by atoms with Gasteiger partial charge in [0.2, 0.25) is 0 Å². The van der Waals surface area contributed by atoms with E-state index in [4.69, 9.17) is 4.74 Å². The zero-order valence-electron chi connectivity index (χ0n) is 9.91. The number of benzene rings is 1. The standard InChI is InChI=1S/C14H16O2/c1-4-13(15)16-14(2,3)11-10-12-8-6-5-7-9-12/h5-9H,4H2,1-3H3. The van der Waals surface area contributed by atoms with Gasteiger partial charge in [0.15, 0.2) is 5.60 Å². The Kier molecular flexibility index (Phi) is 4.13. The second-order valence-electron chi connectivity index (χ2n) is 3.95. The molecule has 1 rings (SSSR count). The Morgan fingerprint density at radius 2 is 1.94 bits per heavy atom. The Balaban J connectivity index is 2.73. The summed E-state index contributed by atoms with van der Waals surface area (Å²) in [7, 11) is 0. The molecule has 1 aromatic rings. The quantitative estimate of drug-likeness (QED) is 0.561. The minimum atomic E-state index is -0.733. The third-order valence-electron chi connectivity index (χ3n) is 1.94. The highest BCUT2D eigenvalue weighted by Crippen LogP contribution is 2.09. The predicted octanol–water partition coefficient (Wildman–Crippen LogP) is 2.77. The van der Waals surface area contributed by atoms with Crippen LogP contribution in [0, 0.1) is 11.8 Å². The fraction of sp³-hybridized carbons (Fsp3) is 0.357. The van der Waals surface area contributed by atoms with E-state index in [-0.39, 0.29) is 5.97 Å². The maximum absolute atomic E-state index is 11.1. The third-order valence-corrected chi connectivity index (χ3v) is 1.94. The largest absolute Gasteiger partial charge is 0.446 e. The van der Waals surface area contributed by atoms with Crippen molar-refractivity contribution in [2.75, 3.05) is 0 Å². The zero-order valence-corrected chi connectivity index (χ0v) is 9.91. The van der Waals surface area contributed by atoms with E-state index in [2.05, 4.69) is 11.8 Å². The Hall–Kier alpha value is -1.75. The van der Waals surface area contributed by atoms with Gasteiger partial charge in [0.05, 0.1) is 0 Å². The molecule has 0 N–H and O–H groups in total. The van der Waals surface area contributed by atoms with Crippen molar-refractivity contribution in [1.82, 2.24) is 0 Å².